The lowest BCUT2D eigenvalue weighted by atomic mass is 9.84. The van der Waals surface area contributed by atoms with Gasteiger partial charge in [0.05, 0.1) is 0 Å². The van der Waals surface area contributed by atoms with Crippen LogP contribution in [-0.2, 0) is 9.59 Å². The molecule has 0 saturated carbocycles. The van der Waals surface area contributed by atoms with Crippen LogP contribution in [0.1, 0.15) is 30.4 Å². The summed E-state index contributed by atoms with van der Waals surface area (Å²) in [5.74, 6) is -4.46. The first-order valence-corrected chi connectivity index (χ1v) is 5.49. The van der Waals surface area contributed by atoms with Crippen molar-refractivity contribution in [1.82, 2.24) is 0 Å². The van der Waals surface area contributed by atoms with Gasteiger partial charge in [-0.2, -0.15) is 0 Å². The van der Waals surface area contributed by atoms with E-state index in [2.05, 4.69) is 0 Å². The van der Waals surface area contributed by atoms with Crippen molar-refractivity contribution in [1.29, 1.82) is 0 Å². The second-order valence-corrected chi connectivity index (χ2v) is 4.08. The van der Waals surface area contributed by atoms with Gasteiger partial charge in [-0.25, -0.2) is 0 Å². The van der Waals surface area contributed by atoms with E-state index in [0.717, 1.165) is 11.1 Å². The zero-order valence-electron chi connectivity index (χ0n) is 9.88. The van der Waals surface area contributed by atoms with E-state index < -0.39 is 23.8 Å². The Hall–Kier alpha value is -1.84. The number of hydrogen-bond acceptors (Lipinski definition) is 2. The zero-order valence-corrected chi connectivity index (χ0v) is 9.88. The summed E-state index contributed by atoms with van der Waals surface area (Å²) >= 11 is 0. The fourth-order valence-electron chi connectivity index (χ4n) is 1.93. The highest BCUT2D eigenvalue weighted by Gasteiger charge is 2.34. The lowest BCUT2D eigenvalue weighted by Gasteiger charge is -2.19. The third-order valence-electron chi connectivity index (χ3n) is 2.88. The standard InChI is InChI=1S/C13H16O4/c1-3-10(11(12(14)15)13(16)17)9-6-4-8(2)5-7-9/h4-7,10-11H,3H2,1-2H3,(H,14,15)(H,16,17)/t10-/m0/s1. The van der Waals surface area contributed by atoms with Gasteiger partial charge in [-0.3, -0.25) is 9.59 Å². The average Bonchev–Trinajstić information content (AvgIpc) is 2.26. The zero-order chi connectivity index (χ0) is 13.0. The average molecular weight is 236 g/mol. The summed E-state index contributed by atoms with van der Waals surface area (Å²) in [6, 6.07) is 7.31. The van der Waals surface area contributed by atoms with E-state index in [4.69, 9.17) is 10.2 Å². The van der Waals surface area contributed by atoms with Gasteiger partial charge in [-0.15, -0.1) is 0 Å². The van der Waals surface area contributed by atoms with Gasteiger partial charge in [-0.05, 0) is 18.9 Å². The summed E-state index contributed by atoms with van der Waals surface area (Å²) in [4.78, 5) is 22.0. The normalized spacial score (nSPS) is 12.4. The number of carbonyl (C=O) groups is 2. The minimum absolute atomic E-state index is 0.478. The molecule has 2 N–H and O–H groups in total. The van der Waals surface area contributed by atoms with Crippen molar-refractivity contribution in [3.63, 3.8) is 0 Å². The Morgan fingerprint density at radius 2 is 1.59 bits per heavy atom. The molecule has 0 aliphatic carbocycles. The molecule has 0 unspecified atom stereocenters. The SMILES string of the molecule is CC[C@@H](c1ccc(C)cc1)C(C(=O)O)C(=O)O. The molecule has 0 saturated heterocycles. The molecule has 1 aromatic carbocycles. The molecule has 92 valence electrons. The summed E-state index contributed by atoms with van der Waals surface area (Å²) in [6.45, 7) is 3.72. The molecule has 1 atom stereocenters. The molecule has 1 rings (SSSR count). The van der Waals surface area contributed by atoms with E-state index in [1.54, 1.807) is 19.1 Å². The van der Waals surface area contributed by atoms with Gasteiger partial charge in [0.15, 0.2) is 5.92 Å². The number of carboxylic acids is 2. The second-order valence-electron chi connectivity index (χ2n) is 4.08. The molecular weight excluding hydrogens is 220 g/mol. The van der Waals surface area contributed by atoms with Crippen molar-refractivity contribution in [3.8, 4) is 0 Å². The van der Waals surface area contributed by atoms with E-state index in [0.29, 0.717) is 6.42 Å². The predicted molar refractivity (Wildman–Crippen MR) is 63.0 cm³/mol. The number of aliphatic carboxylic acids is 2. The van der Waals surface area contributed by atoms with E-state index in [1.807, 2.05) is 19.1 Å². The monoisotopic (exact) mass is 236 g/mol. The molecule has 0 radical (unpaired) electrons. The van der Waals surface area contributed by atoms with Crippen LogP contribution >= 0.6 is 0 Å². The fourth-order valence-corrected chi connectivity index (χ4v) is 1.93. The smallest absolute Gasteiger partial charge is 0.318 e. The molecule has 0 aromatic heterocycles. The maximum Gasteiger partial charge on any atom is 0.318 e. The lowest BCUT2D eigenvalue weighted by Crippen LogP contribution is -2.29. The topological polar surface area (TPSA) is 74.6 Å². The van der Waals surface area contributed by atoms with Crippen LogP contribution in [0.2, 0.25) is 0 Å². The molecule has 0 amide bonds. The van der Waals surface area contributed by atoms with Gasteiger partial charge >= 0.3 is 11.9 Å². The Balaban J connectivity index is 3.08. The highest BCUT2D eigenvalue weighted by Crippen LogP contribution is 2.28. The number of benzene rings is 1. The van der Waals surface area contributed by atoms with Crippen LogP contribution in [0.4, 0.5) is 0 Å². The molecule has 0 fully saturated rings. The number of hydrogen-bond donors (Lipinski definition) is 2. The maximum atomic E-state index is 11.0. The Labute approximate surface area is 99.9 Å². The third kappa shape index (κ3) is 3.06. The van der Waals surface area contributed by atoms with Crippen molar-refractivity contribution in [2.45, 2.75) is 26.2 Å². The summed E-state index contributed by atoms with van der Waals surface area (Å²) in [6.07, 6.45) is 0.478. The van der Waals surface area contributed by atoms with E-state index in [9.17, 15) is 9.59 Å². The van der Waals surface area contributed by atoms with E-state index in [1.165, 1.54) is 0 Å². The molecule has 17 heavy (non-hydrogen) atoms. The maximum absolute atomic E-state index is 11.0. The highest BCUT2D eigenvalue weighted by molar-refractivity contribution is 5.94. The Morgan fingerprint density at radius 1 is 1.12 bits per heavy atom. The van der Waals surface area contributed by atoms with Crippen molar-refractivity contribution in [3.05, 3.63) is 35.4 Å². The number of carboxylic acid groups (broad SMARTS) is 2. The first kappa shape index (κ1) is 13.2. The van der Waals surface area contributed by atoms with Crippen molar-refractivity contribution < 1.29 is 19.8 Å². The highest BCUT2D eigenvalue weighted by atomic mass is 16.4. The van der Waals surface area contributed by atoms with E-state index in [-0.39, 0.29) is 0 Å². The minimum atomic E-state index is -1.39. The summed E-state index contributed by atoms with van der Waals surface area (Å²) < 4.78 is 0. The molecule has 4 heteroatoms. The molecule has 0 bridgehead atoms. The minimum Gasteiger partial charge on any atom is -0.481 e. The molecule has 0 spiro atoms. The first-order chi connectivity index (χ1) is 7.97. The van der Waals surface area contributed by atoms with Crippen LogP contribution < -0.4 is 0 Å². The third-order valence-corrected chi connectivity index (χ3v) is 2.88. The second kappa shape index (κ2) is 5.48. The largest absolute Gasteiger partial charge is 0.481 e. The van der Waals surface area contributed by atoms with Gasteiger partial charge in [0.1, 0.15) is 0 Å². The predicted octanol–water partition coefficient (Wildman–Crippen LogP) is 2.27. The molecule has 0 aliphatic rings. The number of aryl methyl sites for hydroxylation is 1. The van der Waals surface area contributed by atoms with Crippen LogP contribution in [0.5, 0.6) is 0 Å². The van der Waals surface area contributed by atoms with Crippen LogP contribution in [0.3, 0.4) is 0 Å². The molecular formula is C13H16O4. The molecule has 0 heterocycles. The van der Waals surface area contributed by atoms with Gasteiger partial charge < -0.3 is 10.2 Å². The van der Waals surface area contributed by atoms with Gasteiger partial charge in [-0.1, -0.05) is 36.8 Å². The molecule has 1 aromatic rings. The van der Waals surface area contributed by atoms with Crippen molar-refractivity contribution in [2.24, 2.45) is 5.92 Å². The van der Waals surface area contributed by atoms with Crippen LogP contribution in [0.25, 0.3) is 0 Å². The quantitative estimate of drug-likeness (QED) is 0.769. The van der Waals surface area contributed by atoms with Crippen molar-refractivity contribution >= 4 is 11.9 Å². The van der Waals surface area contributed by atoms with Crippen molar-refractivity contribution in [2.75, 3.05) is 0 Å². The van der Waals surface area contributed by atoms with Crippen LogP contribution in [0.15, 0.2) is 24.3 Å². The summed E-state index contributed by atoms with van der Waals surface area (Å²) in [7, 11) is 0. The number of rotatable bonds is 5. The Bertz CT molecular complexity index is 394. The molecule has 0 aliphatic heterocycles. The van der Waals surface area contributed by atoms with Gasteiger partial charge in [0, 0.05) is 5.92 Å². The fraction of sp³-hybridized carbons (Fsp3) is 0.385. The Morgan fingerprint density at radius 3 is 1.94 bits per heavy atom. The summed E-state index contributed by atoms with van der Waals surface area (Å²) in [5, 5.41) is 18.0. The summed E-state index contributed by atoms with van der Waals surface area (Å²) in [5.41, 5.74) is 1.82. The van der Waals surface area contributed by atoms with Crippen LogP contribution in [-0.4, -0.2) is 22.2 Å². The molecule has 4 nitrogen and oxygen atoms in total. The lowest BCUT2D eigenvalue weighted by molar-refractivity contribution is -0.155. The Kier molecular flexibility index (Phi) is 4.26. The first-order valence-electron chi connectivity index (χ1n) is 5.49. The van der Waals surface area contributed by atoms with Gasteiger partial charge in [0.2, 0.25) is 0 Å². The van der Waals surface area contributed by atoms with Gasteiger partial charge in [0.25, 0.3) is 0 Å². The van der Waals surface area contributed by atoms with E-state index >= 15 is 0 Å². The van der Waals surface area contributed by atoms with Crippen LogP contribution in [0, 0.1) is 12.8 Å².